The molecule has 2 nitrogen and oxygen atoms in total. The Morgan fingerprint density at radius 2 is 2.05 bits per heavy atom. The van der Waals surface area contributed by atoms with Gasteiger partial charge in [-0.25, -0.2) is 0 Å². The van der Waals surface area contributed by atoms with Crippen LogP contribution in [0.25, 0.3) is 0 Å². The first-order valence-electron chi connectivity index (χ1n) is 8.86. The Morgan fingerprint density at radius 3 is 2.82 bits per heavy atom. The van der Waals surface area contributed by atoms with E-state index in [1.807, 2.05) is 0 Å². The van der Waals surface area contributed by atoms with E-state index in [1.54, 1.807) is 0 Å². The largest absolute Gasteiger partial charge is 0.367 e. The zero-order chi connectivity index (χ0) is 15.7. The summed E-state index contributed by atoms with van der Waals surface area (Å²) in [6.45, 7) is 7.25. The van der Waals surface area contributed by atoms with Crippen molar-refractivity contribution in [1.82, 2.24) is 0 Å². The van der Waals surface area contributed by atoms with Crippen LogP contribution in [0.15, 0.2) is 34.9 Å². The molecule has 0 spiro atoms. The van der Waals surface area contributed by atoms with Gasteiger partial charge < -0.3 is 9.84 Å². The summed E-state index contributed by atoms with van der Waals surface area (Å²) in [5, 5.41) is 10.4. The number of hydrogen-bond donors (Lipinski definition) is 1. The van der Waals surface area contributed by atoms with Crippen molar-refractivity contribution in [2.24, 2.45) is 23.7 Å². The van der Waals surface area contributed by atoms with Crippen LogP contribution in [0.1, 0.15) is 52.9 Å². The van der Waals surface area contributed by atoms with Crippen molar-refractivity contribution in [2.45, 2.75) is 59.2 Å². The van der Waals surface area contributed by atoms with Gasteiger partial charge in [-0.05, 0) is 76.2 Å². The topological polar surface area (TPSA) is 29.5 Å². The van der Waals surface area contributed by atoms with Gasteiger partial charge in [-0.1, -0.05) is 29.4 Å². The number of aliphatic hydroxyl groups excluding tert-OH is 1. The van der Waals surface area contributed by atoms with E-state index in [9.17, 15) is 5.11 Å². The Morgan fingerprint density at radius 1 is 1.23 bits per heavy atom. The van der Waals surface area contributed by atoms with Crippen LogP contribution >= 0.6 is 0 Å². The van der Waals surface area contributed by atoms with Gasteiger partial charge in [-0.15, -0.1) is 0 Å². The van der Waals surface area contributed by atoms with E-state index in [1.165, 1.54) is 36.0 Å². The van der Waals surface area contributed by atoms with Crippen LogP contribution in [0.4, 0.5) is 0 Å². The molecule has 122 valence electrons. The fourth-order valence-corrected chi connectivity index (χ4v) is 4.83. The highest BCUT2D eigenvalue weighted by Crippen LogP contribution is 2.52. The molecule has 1 saturated carbocycles. The van der Waals surface area contributed by atoms with Crippen LogP contribution in [-0.4, -0.2) is 18.0 Å². The van der Waals surface area contributed by atoms with Gasteiger partial charge in [0.05, 0.1) is 6.61 Å². The number of aliphatic hydroxyl groups is 1. The molecule has 3 aliphatic rings. The van der Waals surface area contributed by atoms with E-state index < -0.39 is 6.29 Å². The molecule has 1 N–H and O–H groups in total. The summed E-state index contributed by atoms with van der Waals surface area (Å²) in [6, 6.07) is 0. The minimum absolute atomic E-state index is 0.242. The summed E-state index contributed by atoms with van der Waals surface area (Å²) in [5.41, 5.74) is 4.27. The van der Waals surface area contributed by atoms with E-state index in [0.29, 0.717) is 18.4 Å². The third-order valence-electron chi connectivity index (χ3n) is 5.92. The lowest BCUT2D eigenvalue weighted by Gasteiger charge is -2.31. The predicted octanol–water partition coefficient (Wildman–Crippen LogP) is 4.62. The third-order valence-corrected chi connectivity index (χ3v) is 5.92. The maximum absolute atomic E-state index is 10.4. The molecule has 0 radical (unpaired) electrons. The van der Waals surface area contributed by atoms with E-state index in [2.05, 4.69) is 39.0 Å². The van der Waals surface area contributed by atoms with Gasteiger partial charge in [-0.2, -0.15) is 0 Å². The fraction of sp³-hybridized carbons (Fsp3) is 0.700. The van der Waals surface area contributed by atoms with Gasteiger partial charge in [-0.3, -0.25) is 0 Å². The normalized spacial score (nSPS) is 38.1. The van der Waals surface area contributed by atoms with Crippen LogP contribution < -0.4 is 0 Å². The Balaban J connectivity index is 1.81. The maximum Gasteiger partial charge on any atom is 0.161 e. The number of hydrogen-bond acceptors (Lipinski definition) is 2. The minimum atomic E-state index is -0.581. The fourth-order valence-electron chi connectivity index (χ4n) is 4.83. The van der Waals surface area contributed by atoms with Gasteiger partial charge >= 0.3 is 0 Å². The van der Waals surface area contributed by atoms with Crippen molar-refractivity contribution in [3.8, 4) is 0 Å². The average molecular weight is 302 g/mol. The van der Waals surface area contributed by atoms with E-state index in [4.69, 9.17) is 4.74 Å². The molecular formula is C20H30O2. The molecule has 2 heteroatoms. The second-order valence-electron chi connectivity index (χ2n) is 7.57. The molecule has 0 aromatic carbocycles. The standard InChI is InChI=1S/C20H30O2/c1-13(2)6-4-7-14(3)17-11-10-15-8-5-9-16-12-22-20(21)19(16)18(15)17/h6-7,9,15,17-21H,4-5,8,10-12H2,1-3H3/b14-7-/t15-,17-,18+,19-,20+/m0/s1. The van der Waals surface area contributed by atoms with Gasteiger partial charge in [0, 0.05) is 5.92 Å². The van der Waals surface area contributed by atoms with Crippen LogP contribution in [0.3, 0.4) is 0 Å². The van der Waals surface area contributed by atoms with E-state index >= 15 is 0 Å². The number of rotatable bonds is 3. The lowest BCUT2D eigenvalue weighted by Crippen LogP contribution is -2.31. The predicted molar refractivity (Wildman–Crippen MR) is 90.3 cm³/mol. The first-order chi connectivity index (χ1) is 10.6. The lowest BCUT2D eigenvalue weighted by atomic mass is 9.74. The number of fused-ring (bicyclic) bond motifs is 3. The van der Waals surface area contributed by atoms with Crippen LogP contribution in [-0.2, 0) is 4.74 Å². The number of allylic oxidation sites excluding steroid dienone is 5. The zero-order valence-electron chi connectivity index (χ0n) is 14.2. The molecule has 0 unspecified atom stereocenters. The Labute approximate surface area is 134 Å². The molecule has 5 atom stereocenters. The summed E-state index contributed by atoms with van der Waals surface area (Å²) in [4.78, 5) is 0. The molecule has 0 bridgehead atoms. The Hall–Kier alpha value is -0.860. The average Bonchev–Trinajstić information content (AvgIpc) is 2.97. The number of ether oxygens (including phenoxy) is 1. The summed E-state index contributed by atoms with van der Waals surface area (Å²) < 4.78 is 5.56. The van der Waals surface area contributed by atoms with Crippen molar-refractivity contribution in [1.29, 1.82) is 0 Å². The molecule has 2 fully saturated rings. The second kappa shape index (κ2) is 6.72. The monoisotopic (exact) mass is 302 g/mol. The molecular weight excluding hydrogens is 272 g/mol. The summed E-state index contributed by atoms with van der Waals surface area (Å²) in [5.74, 6) is 2.20. The van der Waals surface area contributed by atoms with Crippen LogP contribution in [0.5, 0.6) is 0 Å². The molecule has 1 aliphatic heterocycles. The highest BCUT2D eigenvalue weighted by molar-refractivity contribution is 5.21. The zero-order valence-corrected chi connectivity index (χ0v) is 14.2. The maximum atomic E-state index is 10.4. The molecule has 0 aromatic rings. The summed E-state index contributed by atoms with van der Waals surface area (Å²) >= 11 is 0. The smallest absolute Gasteiger partial charge is 0.161 e. The minimum Gasteiger partial charge on any atom is -0.367 e. The molecule has 22 heavy (non-hydrogen) atoms. The van der Waals surface area contributed by atoms with Crippen LogP contribution in [0, 0.1) is 23.7 Å². The van der Waals surface area contributed by atoms with Crippen LogP contribution in [0.2, 0.25) is 0 Å². The molecule has 1 saturated heterocycles. The SMILES string of the molecule is CC(C)=CC/C=C(/C)[C@@H]1CC[C@@H]2CCC=C3CO[C@@H](O)[C@@H]3[C@H]21. The van der Waals surface area contributed by atoms with E-state index in [0.717, 1.165) is 18.8 Å². The van der Waals surface area contributed by atoms with Crippen molar-refractivity contribution < 1.29 is 9.84 Å². The highest BCUT2D eigenvalue weighted by Gasteiger charge is 2.48. The van der Waals surface area contributed by atoms with Gasteiger partial charge in [0.15, 0.2) is 6.29 Å². The third kappa shape index (κ3) is 3.09. The van der Waals surface area contributed by atoms with E-state index in [-0.39, 0.29) is 5.92 Å². The first kappa shape index (κ1) is 16.0. The van der Waals surface area contributed by atoms with Crippen molar-refractivity contribution >= 4 is 0 Å². The molecule has 3 rings (SSSR count). The van der Waals surface area contributed by atoms with Crippen molar-refractivity contribution in [2.75, 3.05) is 6.61 Å². The Bertz CT molecular complexity index is 496. The first-order valence-corrected chi connectivity index (χ1v) is 8.86. The Kier molecular flexibility index (Phi) is 4.89. The van der Waals surface area contributed by atoms with Crippen molar-refractivity contribution in [3.63, 3.8) is 0 Å². The summed E-state index contributed by atoms with van der Waals surface area (Å²) in [7, 11) is 0. The molecule has 0 amide bonds. The van der Waals surface area contributed by atoms with Gasteiger partial charge in [0.1, 0.15) is 0 Å². The summed E-state index contributed by atoms with van der Waals surface area (Å²) in [6.07, 6.45) is 12.5. The lowest BCUT2D eigenvalue weighted by molar-refractivity contribution is -0.0981. The molecule has 0 aromatic heterocycles. The second-order valence-corrected chi connectivity index (χ2v) is 7.57. The van der Waals surface area contributed by atoms with Gasteiger partial charge in [0.2, 0.25) is 0 Å². The molecule has 2 aliphatic carbocycles. The molecule has 1 heterocycles. The van der Waals surface area contributed by atoms with Gasteiger partial charge in [0.25, 0.3) is 0 Å². The highest BCUT2D eigenvalue weighted by atomic mass is 16.6. The quantitative estimate of drug-likeness (QED) is 0.771. The van der Waals surface area contributed by atoms with Crippen molar-refractivity contribution in [3.05, 3.63) is 34.9 Å².